The molecule has 1 aromatic carbocycles. The van der Waals surface area contributed by atoms with E-state index in [4.69, 9.17) is 9.31 Å². The number of aliphatic hydroxyl groups excluding tert-OH is 1. The number of nitrogens with zero attached hydrogens (tertiary/aromatic N) is 3. The van der Waals surface area contributed by atoms with Crippen molar-refractivity contribution in [3.8, 4) is 0 Å². The van der Waals surface area contributed by atoms with Gasteiger partial charge in [0.1, 0.15) is 0 Å². The van der Waals surface area contributed by atoms with Crippen LogP contribution in [0.2, 0.25) is 0 Å². The van der Waals surface area contributed by atoms with Crippen molar-refractivity contribution in [2.24, 2.45) is 17.3 Å². The molecule has 8 nitrogen and oxygen atoms in total. The molecular formula is C33H50BN3O5. The first kappa shape index (κ1) is 30.1. The molecule has 1 N–H and O–H groups in total. The van der Waals surface area contributed by atoms with Crippen molar-refractivity contribution < 1.29 is 24.0 Å². The molecule has 230 valence electrons. The van der Waals surface area contributed by atoms with Gasteiger partial charge in [0.05, 0.1) is 28.6 Å². The van der Waals surface area contributed by atoms with Crippen LogP contribution in [0.4, 0.5) is 5.69 Å². The molecular weight excluding hydrogens is 529 g/mol. The van der Waals surface area contributed by atoms with Gasteiger partial charge in [0.2, 0.25) is 11.8 Å². The summed E-state index contributed by atoms with van der Waals surface area (Å²) >= 11 is 0. The second kappa shape index (κ2) is 10.0. The highest BCUT2D eigenvalue weighted by Crippen LogP contribution is 2.51. The zero-order valence-electron chi connectivity index (χ0n) is 26.9. The Morgan fingerprint density at radius 1 is 1.00 bits per heavy atom. The standard InChI is InChI=1S/C33H50BN3O5/c1-21-18-36(19-22(21)2)24-16-25(17-24)37-27-15-23(34-41-31(5,6)32(7,8)42-34)9-10-26(27)33(29(37)40)11-13-35(14-12-33)28(39)30(3,4)20-38/h9-10,15,21-22,24-25,38H,11-14,16-20H2,1-8H3/t21-,22+,24?,25?. The average molecular weight is 580 g/mol. The number of carbonyl (C=O) groups excluding carboxylic acids is 2. The van der Waals surface area contributed by atoms with Gasteiger partial charge >= 0.3 is 7.12 Å². The van der Waals surface area contributed by atoms with Crippen LogP contribution in [-0.4, -0.2) is 89.9 Å². The Morgan fingerprint density at radius 2 is 1.57 bits per heavy atom. The summed E-state index contributed by atoms with van der Waals surface area (Å²) in [6.07, 6.45) is 3.18. The summed E-state index contributed by atoms with van der Waals surface area (Å²) in [6, 6.07) is 7.05. The average Bonchev–Trinajstić information content (AvgIpc) is 3.44. The number of aliphatic hydroxyl groups is 1. The monoisotopic (exact) mass is 579 g/mol. The minimum absolute atomic E-state index is 0.0469. The summed E-state index contributed by atoms with van der Waals surface area (Å²) in [6.45, 7) is 19.6. The van der Waals surface area contributed by atoms with Crippen LogP contribution in [0.3, 0.4) is 0 Å². The van der Waals surface area contributed by atoms with Gasteiger partial charge in [0.25, 0.3) is 0 Å². The first-order chi connectivity index (χ1) is 19.6. The lowest BCUT2D eigenvalue weighted by molar-refractivity contribution is -0.145. The van der Waals surface area contributed by atoms with Crippen molar-refractivity contribution in [2.45, 2.75) is 110 Å². The molecule has 4 heterocycles. The van der Waals surface area contributed by atoms with E-state index < -0.39 is 29.2 Å². The SMILES string of the molecule is C[C@@H]1CN(C2CC(N3C(=O)C4(CCN(C(=O)C(C)(C)CO)CC4)c4ccc(B5OC(C)(C)C(C)(C)O5)cc43)C2)C[C@@H]1C. The molecule has 6 rings (SSSR count). The van der Waals surface area contributed by atoms with E-state index in [0.717, 1.165) is 42.6 Å². The number of likely N-dealkylation sites (tertiary alicyclic amines) is 2. The Balaban J connectivity index is 1.29. The maximum absolute atomic E-state index is 14.6. The lowest BCUT2D eigenvalue weighted by Gasteiger charge is -2.46. The summed E-state index contributed by atoms with van der Waals surface area (Å²) in [7, 11) is -0.490. The third kappa shape index (κ3) is 4.56. The molecule has 5 aliphatic rings. The van der Waals surface area contributed by atoms with Gasteiger partial charge in [-0.3, -0.25) is 14.5 Å². The van der Waals surface area contributed by atoms with Crippen molar-refractivity contribution in [1.29, 1.82) is 0 Å². The summed E-state index contributed by atoms with van der Waals surface area (Å²) in [5.74, 6) is 1.57. The number of hydrogen-bond acceptors (Lipinski definition) is 6. The van der Waals surface area contributed by atoms with Gasteiger partial charge in [-0.2, -0.15) is 0 Å². The Morgan fingerprint density at radius 3 is 2.12 bits per heavy atom. The number of benzene rings is 1. The molecule has 9 heteroatoms. The number of carbonyl (C=O) groups is 2. The predicted octanol–water partition coefficient (Wildman–Crippen LogP) is 3.33. The third-order valence-electron chi connectivity index (χ3n) is 11.8. The van der Waals surface area contributed by atoms with Crippen molar-refractivity contribution in [2.75, 3.05) is 37.7 Å². The highest BCUT2D eigenvalue weighted by molar-refractivity contribution is 6.62. The van der Waals surface area contributed by atoms with Gasteiger partial charge in [-0.05, 0) is 96.2 Å². The summed E-state index contributed by atoms with van der Waals surface area (Å²) in [4.78, 5) is 34.3. The van der Waals surface area contributed by atoms with Gasteiger partial charge < -0.3 is 24.2 Å². The van der Waals surface area contributed by atoms with Crippen LogP contribution in [-0.2, 0) is 24.3 Å². The maximum Gasteiger partial charge on any atom is 0.494 e. The number of anilines is 1. The van der Waals surface area contributed by atoms with Gasteiger partial charge in [0, 0.05) is 44.0 Å². The van der Waals surface area contributed by atoms with Crippen molar-refractivity contribution >= 4 is 30.1 Å². The molecule has 4 aliphatic heterocycles. The minimum Gasteiger partial charge on any atom is -0.399 e. The van der Waals surface area contributed by atoms with E-state index in [1.54, 1.807) is 13.8 Å². The molecule has 0 bridgehead atoms. The van der Waals surface area contributed by atoms with Gasteiger partial charge in [-0.15, -0.1) is 0 Å². The van der Waals surface area contributed by atoms with Crippen molar-refractivity contribution in [3.05, 3.63) is 23.8 Å². The van der Waals surface area contributed by atoms with E-state index >= 15 is 0 Å². The molecule has 2 amide bonds. The molecule has 1 spiro atoms. The first-order valence-electron chi connectivity index (χ1n) is 16.1. The maximum atomic E-state index is 14.6. The summed E-state index contributed by atoms with van der Waals surface area (Å²) in [5.41, 5.74) is 0.670. The summed E-state index contributed by atoms with van der Waals surface area (Å²) in [5, 5.41) is 9.78. The molecule has 3 saturated heterocycles. The Kier molecular flexibility index (Phi) is 7.20. The van der Waals surface area contributed by atoms with E-state index in [1.807, 2.05) is 4.90 Å². The zero-order valence-corrected chi connectivity index (χ0v) is 26.9. The molecule has 0 aromatic heterocycles. The predicted molar refractivity (Wildman–Crippen MR) is 165 cm³/mol. The van der Waals surface area contributed by atoms with E-state index in [1.165, 1.54) is 0 Å². The third-order valence-corrected chi connectivity index (χ3v) is 11.8. The van der Waals surface area contributed by atoms with Crippen LogP contribution < -0.4 is 10.4 Å². The van der Waals surface area contributed by atoms with Crippen molar-refractivity contribution in [1.82, 2.24) is 9.80 Å². The number of hydrogen-bond donors (Lipinski definition) is 1. The van der Waals surface area contributed by atoms with Gasteiger partial charge in [-0.25, -0.2) is 0 Å². The topological polar surface area (TPSA) is 82.6 Å². The molecule has 4 fully saturated rings. The van der Waals surface area contributed by atoms with Crippen molar-refractivity contribution in [3.63, 3.8) is 0 Å². The molecule has 2 atom stereocenters. The fourth-order valence-corrected chi connectivity index (χ4v) is 7.71. The van der Waals surface area contributed by atoms with Crippen LogP contribution in [0.5, 0.6) is 0 Å². The normalized spacial score (nSPS) is 32.0. The lowest BCUT2D eigenvalue weighted by atomic mass is 9.71. The number of amides is 2. The molecule has 1 saturated carbocycles. The Hall–Kier alpha value is -1.94. The van der Waals surface area contributed by atoms with Gasteiger partial charge in [-0.1, -0.05) is 26.0 Å². The smallest absolute Gasteiger partial charge is 0.399 e. The minimum atomic E-state index is -0.822. The molecule has 42 heavy (non-hydrogen) atoms. The summed E-state index contributed by atoms with van der Waals surface area (Å²) < 4.78 is 12.8. The largest absolute Gasteiger partial charge is 0.494 e. The van der Waals surface area contributed by atoms with Gasteiger partial charge in [0.15, 0.2) is 0 Å². The lowest BCUT2D eigenvalue weighted by Crippen LogP contribution is -2.58. The number of fused-ring (bicyclic) bond motifs is 2. The van der Waals surface area contributed by atoms with E-state index in [9.17, 15) is 14.7 Å². The quantitative estimate of drug-likeness (QED) is 0.540. The van der Waals surface area contributed by atoms with Crippen LogP contribution in [0.1, 0.15) is 86.6 Å². The van der Waals surface area contributed by atoms with Crippen LogP contribution in [0, 0.1) is 17.3 Å². The van der Waals surface area contributed by atoms with Crippen LogP contribution in [0.15, 0.2) is 18.2 Å². The second-order valence-corrected chi connectivity index (χ2v) is 15.6. The molecule has 0 unspecified atom stereocenters. The Bertz CT molecular complexity index is 1220. The first-order valence-corrected chi connectivity index (χ1v) is 16.1. The fourth-order valence-electron chi connectivity index (χ4n) is 7.71. The van der Waals surface area contributed by atoms with E-state index in [2.05, 4.69) is 69.5 Å². The number of piperidine rings is 1. The van der Waals surface area contributed by atoms with Crippen LogP contribution in [0.25, 0.3) is 0 Å². The highest BCUT2D eigenvalue weighted by atomic mass is 16.7. The zero-order chi connectivity index (χ0) is 30.4. The second-order valence-electron chi connectivity index (χ2n) is 15.6. The highest BCUT2D eigenvalue weighted by Gasteiger charge is 2.57. The molecule has 0 radical (unpaired) electrons. The van der Waals surface area contributed by atoms with E-state index in [-0.39, 0.29) is 24.5 Å². The number of rotatable bonds is 5. The molecule has 1 aromatic rings. The fraction of sp³-hybridized carbons (Fsp3) is 0.758. The Labute approximate surface area is 252 Å². The van der Waals surface area contributed by atoms with E-state index in [0.29, 0.717) is 43.8 Å². The van der Waals surface area contributed by atoms with Crippen LogP contribution >= 0.6 is 0 Å². The molecule has 1 aliphatic carbocycles.